The van der Waals surface area contributed by atoms with Crippen molar-refractivity contribution in [1.29, 1.82) is 0 Å². The minimum Gasteiger partial charge on any atom is -0.466 e. The Labute approximate surface area is 123 Å². The Bertz CT molecular complexity index is 303. The van der Waals surface area contributed by atoms with Gasteiger partial charge in [-0.05, 0) is 59.0 Å². The zero-order chi connectivity index (χ0) is 14.4. The molecular weight excluding hydrogens is 252 g/mol. The van der Waals surface area contributed by atoms with Gasteiger partial charge in [-0.1, -0.05) is 6.42 Å². The van der Waals surface area contributed by atoms with E-state index in [-0.39, 0.29) is 11.9 Å². The molecule has 1 aliphatic carbocycles. The van der Waals surface area contributed by atoms with Crippen LogP contribution in [0.25, 0.3) is 0 Å². The zero-order valence-corrected chi connectivity index (χ0v) is 13.1. The molecule has 1 saturated heterocycles. The predicted molar refractivity (Wildman–Crippen MR) is 80.7 cm³/mol. The molecule has 2 rings (SSSR count). The summed E-state index contributed by atoms with van der Waals surface area (Å²) in [5, 5.41) is 3.68. The average molecular weight is 282 g/mol. The van der Waals surface area contributed by atoms with Crippen molar-refractivity contribution in [3.8, 4) is 0 Å². The highest BCUT2D eigenvalue weighted by Gasteiger charge is 2.28. The first-order chi connectivity index (χ1) is 9.70. The molecule has 4 heteroatoms. The summed E-state index contributed by atoms with van der Waals surface area (Å²) in [5.41, 5.74) is 0. The third-order valence-electron chi connectivity index (χ3n) is 4.76. The van der Waals surface area contributed by atoms with Gasteiger partial charge >= 0.3 is 5.97 Å². The van der Waals surface area contributed by atoms with Crippen molar-refractivity contribution < 1.29 is 9.53 Å². The summed E-state index contributed by atoms with van der Waals surface area (Å²) in [7, 11) is 0. The van der Waals surface area contributed by atoms with Gasteiger partial charge in [0.1, 0.15) is 0 Å². The minimum absolute atomic E-state index is 0.00610. The highest BCUT2D eigenvalue weighted by Crippen LogP contribution is 2.25. The molecule has 1 aliphatic heterocycles. The number of nitrogens with zero attached hydrogens (tertiary/aromatic N) is 1. The minimum atomic E-state index is 0.00610. The molecule has 3 atom stereocenters. The maximum absolute atomic E-state index is 11.8. The summed E-state index contributed by atoms with van der Waals surface area (Å²) in [6.45, 7) is 8.23. The number of hydrogen-bond donors (Lipinski definition) is 1. The number of rotatable bonds is 6. The van der Waals surface area contributed by atoms with Gasteiger partial charge < -0.3 is 10.1 Å². The van der Waals surface area contributed by atoms with Crippen molar-refractivity contribution in [2.24, 2.45) is 5.92 Å². The van der Waals surface area contributed by atoms with Crippen LogP contribution >= 0.6 is 0 Å². The fourth-order valence-electron chi connectivity index (χ4n) is 3.50. The molecule has 0 spiro atoms. The fraction of sp³-hybridized carbons (Fsp3) is 0.938. The lowest BCUT2D eigenvalue weighted by atomic mass is 9.85. The molecule has 1 N–H and O–H groups in total. The third-order valence-corrected chi connectivity index (χ3v) is 4.76. The molecule has 0 bridgehead atoms. The van der Waals surface area contributed by atoms with E-state index in [9.17, 15) is 4.79 Å². The Morgan fingerprint density at radius 3 is 2.75 bits per heavy atom. The van der Waals surface area contributed by atoms with Gasteiger partial charge in [0.25, 0.3) is 0 Å². The highest BCUT2D eigenvalue weighted by atomic mass is 16.5. The van der Waals surface area contributed by atoms with Crippen molar-refractivity contribution in [3.63, 3.8) is 0 Å². The SMILES string of the molecule is CCOC(=O)C1CCCC(NCC(C)N2CCCC2)C1. The molecule has 0 aromatic heterocycles. The van der Waals surface area contributed by atoms with E-state index >= 15 is 0 Å². The molecule has 1 heterocycles. The van der Waals surface area contributed by atoms with Crippen LogP contribution in [0, 0.1) is 5.92 Å². The largest absolute Gasteiger partial charge is 0.466 e. The third kappa shape index (κ3) is 4.45. The van der Waals surface area contributed by atoms with E-state index in [0.29, 0.717) is 18.7 Å². The number of carbonyl (C=O) groups is 1. The van der Waals surface area contributed by atoms with Gasteiger partial charge in [0.2, 0.25) is 0 Å². The maximum atomic E-state index is 11.8. The Morgan fingerprint density at radius 2 is 2.05 bits per heavy atom. The molecule has 3 unspecified atom stereocenters. The Hall–Kier alpha value is -0.610. The van der Waals surface area contributed by atoms with Crippen molar-refractivity contribution >= 4 is 5.97 Å². The Kier molecular flexibility index (Phi) is 6.30. The van der Waals surface area contributed by atoms with Crippen LogP contribution in [-0.2, 0) is 9.53 Å². The van der Waals surface area contributed by atoms with Crippen LogP contribution in [0.15, 0.2) is 0 Å². The van der Waals surface area contributed by atoms with Crippen LogP contribution in [0.3, 0.4) is 0 Å². The van der Waals surface area contributed by atoms with E-state index in [0.717, 1.165) is 25.8 Å². The van der Waals surface area contributed by atoms with E-state index in [1.54, 1.807) is 0 Å². The van der Waals surface area contributed by atoms with Gasteiger partial charge in [0.15, 0.2) is 0 Å². The van der Waals surface area contributed by atoms with Crippen molar-refractivity contribution in [1.82, 2.24) is 10.2 Å². The van der Waals surface area contributed by atoms with Gasteiger partial charge in [-0.15, -0.1) is 0 Å². The second-order valence-corrected chi connectivity index (χ2v) is 6.31. The highest BCUT2D eigenvalue weighted by molar-refractivity contribution is 5.72. The molecule has 1 saturated carbocycles. The zero-order valence-electron chi connectivity index (χ0n) is 13.1. The number of nitrogens with one attached hydrogen (secondary N) is 1. The van der Waals surface area contributed by atoms with E-state index in [4.69, 9.17) is 4.74 Å². The van der Waals surface area contributed by atoms with E-state index in [2.05, 4.69) is 17.1 Å². The van der Waals surface area contributed by atoms with E-state index < -0.39 is 0 Å². The maximum Gasteiger partial charge on any atom is 0.308 e. The van der Waals surface area contributed by atoms with Crippen LogP contribution in [-0.4, -0.2) is 49.2 Å². The Balaban J connectivity index is 1.70. The number of esters is 1. The molecule has 0 aromatic rings. The lowest BCUT2D eigenvalue weighted by molar-refractivity contribution is -0.149. The molecule has 20 heavy (non-hydrogen) atoms. The van der Waals surface area contributed by atoms with Crippen LogP contribution in [0.1, 0.15) is 52.4 Å². The number of carbonyl (C=O) groups excluding carboxylic acids is 1. The lowest BCUT2D eigenvalue weighted by Gasteiger charge is -2.31. The summed E-state index contributed by atoms with van der Waals surface area (Å²) in [6.07, 6.45) is 6.98. The lowest BCUT2D eigenvalue weighted by Crippen LogP contribution is -2.44. The van der Waals surface area contributed by atoms with Crippen LogP contribution in [0.5, 0.6) is 0 Å². The standard InChI is InChI=1S/C16H30N2O2/c1-3-20-16(19)14-7-6-8-15(11-14)17-12-13(2)18-9-4-5-10-18/h13-15,17H,3-12H2,1-2H3. The second kappa shape index (κ2) is 7.99. The van der Waals surface area contributed by atoms with Crippen LogP contribution in [0.2, 0.25) is 0 Å². The fourth-order valence-corrected chi connectivity index (χ4v) is 3.50. The van der Waals surface area contributed by atoms with Crippen molar-refractivity contribution in [2.45, 2.75) is 64.5 Å². The number of ether oxygens (including phenoxy) is 1. The molecule has 0 aromatic carbocycles. The van der Waals surface area contributed by atoms with Gasteiger partial charge in [-0.3, -0.25) is 9.69 Å². The molecule has 2 fully saturated rings. The molecule has 0 amide bonds. The molecular formula is C16H30N2O2. The molecule has 2 aliphatic rings. The predicted octanol–water partition coefficient (Wildman–Crippen LogP) is 2.18. The first-order valence-corrected chi connectivity index (χ1v) is 8.34. The van der Waals surface area contributed by atoms with Crippen LogP contribution in [0.4, 0.5) is 0 Å². The van der Waals surface area contributed by atoms with Gasteiger partial charge in [0.05, 0.1) is 12.5 Å². The average Bonchev–Trinajstić information content (AvgIpc) is 2.99. The van der Waals surface area contributed by atoms with Gasteiger partial charge in [-0.2, -0.15) is 0 Å². The number of hydrogen-bond acceptors (Lipinski definition) is 4. The smallest absolute Gasteiger partial charge is 0.308 e. The van der Waals surface area contributed by atoms with Crippen molar-refractivity contribution in [3.05, 3.63) is 0 Å². The molecule has 116 valence electrons. The van der Waals surface area contributed by atoms with E-state index in [1.807, 2.05) is 6.92 Å². The topological polar surface area (TPSA) is 41.6 Å². The Morgan fingerprint density at radius 1 is 1.30 bits per heavy atom. The summed E-state index contributed by atoms with van der Waals surface area (Å²) in [4.78, 5) is 14.4. The first kappa shape index (κ1) is 15.8. The number of likely N-dealkylation sites (tertiary alicyclic amines) is 1. The van der Waals surface area contributed by atoms with Gasteiger partial charge in [-0.25, -0.2) is 0 Å². The summed E-state index contributed by atoms with van der Waals surface area (Å²) < 4.78 is 5.16. The first-order valence-electron chi connectivity index (χ1n) is 8.34. The summed E-state index contributed by atoms with van der Waals surface area (Å²) in [6, 6.07) is 1.10. The second-order valence-electron chi connectivity index (χ2n) is 6.31. The molecule has 0 radical (unpaired) electrons. The molecule has 4 nitrogen and oxygen atoms in total. The normalized spacial score (nSPS) is 29.3. The monoisotopic (exact) mass is 282 g/mol. The van der Waals surface area contributed by atoms with E-state index in [1.165, 1.54) is 32.4 Å². The van der Waals surface area contributed by atoms with Gasteiger partial charge in [0, 0.05) is 18.6 Å². The summed E-state index contributed by atoms with van der Waals surface area (Å²) in [5.74, 6) is 0.120. The summed E-state index contributed by atoms with van der Waals surface area (Å²) >= 11 is 0. The van der Waals surface area contributed by atoms with Crippen LogP contribution < -0.4 is 5.32 Å². The quantitative estimate of drug-likeness (QED) is 0.758. The van der Waals surface area contributed by atoms with Crippen molar-refractivity contribution in [2.75, 3.05) is 26.2 Å².